The minimum atomic E-state index is -0.0827. The monoisotopic (exact) mass is 398 g/mol. The van der Waals surface area contributed by atoms with Crippen molar-refractivity contribution < 1.29 is 13.9 Å². The van der Waals surface area contributed by atoms with Crippen LogP contribution >= 0.6 is 0 Å². The lowest BCUT2D eigenvalue weighted by molar-refractivity contribution is 0.0524. The Hall–Kier alpha value is -2.94. The van der Waals surface area contributed by atoms with Crippen molar-refractivity contribution in [2.24, 2.45) is 0 Å². The average Bonchev–Trinajstić information content (AvgIpc) is 3.25. The van der Waals surface area contributed by atoms with E-state index in [4.69, 9.17) is 9.15 Å². The van der Waals surface area contributed by atoms with Gasteiger partial charge in [0.1, 0.15) is 18.2 Å². The van der Waals surface area contributed by atoms with Crippen molar-refractivity contribution in [1.29, 1.82) is 0 Å². The molecule has 0 atom stereocenters. The van der Waals surface area contributed by atoms with Gasteiger partial charge in [-0.05, 0) is 51.5 Å². The van der Waals surface area contributed by atoms with Crippen LogP contribution in [0.3, 0.4) is 0 Å². The van der Waals surface area contributed by atoms with Crippen LogP contribution in [0.15, 0.2) is 28.7 Å². The minimum Gasteiger partial charge on any atom is -0.453 e. The van der Waals surface area contributed by atoms with Crippen molar-refractivity contribution in [2.75, 3.05) is 31.1 Å². The number of rotatable bonds is 5. The van der Waals surface area contributed by atoms with E-state index in [9.17, 15) is 4.79 Å². The van der Waals surface area contributed by atoms with E-state index in [0.29, 0.717) is 37.8 Å². The van der Waals surface area contributed by atoms with Crippen LogP contribution in [0.25, 0.3) is 5.65 Å². The second kappa shape index (κ2) is 8.20. The van der Waals surface area contributed by atoms with E-state index < -0.39 is 0 Å². The fourth-order valence-corrected chi connectivity index (χ4v) is 3.38. The van der Waals surface area contributed by atoms with Gasteiger partial charge < -0.3 is 19.0 Å². The molecule has 4 rings (SSSR count). The van der Waals surface area contributed by atoms with Crippen molar-refractivity contribution in [2.45, 2.75) is 39.9 Å². The van der Waals surface area contributed by atoms with Crippen molar-refractivity contribution in [3.8, 4) is 0 Å². The first-order chi connectivity index (χ1) is 14.0. The first-order valence-corrected chi connectivity index (χ1v) is 9.95. The van der Waals surface area contributed by atoms with Gasteiger partial charge in [0.2, 0.25) is 0 Å². The van der Waals surface area contributed by atoms with E-state index in [2.05, 4.69) is 20.2 Å². The molecule has 9 nitrogen and oxygen atoms in total. The SMILES string of the molecule is Cc1nnc2ccc(N3CCCN(C(=O)c4ccc(COC(C)C)o4)CC3)nn12. The summed E-state index contributed by atoms with van der Waals surface area (Å²) >= 11 is 0. The van der Waals surface area contributed by atoms with Gasteiger partial charge in [-0.3, -0.25) is 4.79 Å². The predicted octanol–water partition coefficient (Wildman–Crippen LogP) is 2.30. The molecule has 0 radical (unpaired) electrons. The number of furan rings is 1. The second-order valence-electron chi connectivity index (χ2n) is 7.47. The Morgan fingerprint density at radius 3 is 2.83 bits per heavy atom. The van der Waals surface area contributed by atoms with Gasteiger partial charge in [-0.1, -0.05) is 0 Å². The molecule has 1 aliphatic heterocycles. The van der Waals surface area contributed by atoms with E-state index in [1.165, 1.54) is 0 Å². The van der Waals surface area contributed by atoms with Crippen molar-refractivity contribution in [1.82, 2.24) is 24.7 Å². The van der Waals surface area contributed by atoms with Crippen LogP contribution in [0.5, 0.6) is 0 Å². The molecule has 0 N–H and O–H groups in total. The maximum atomic E-state index is 12.9. The van der Waals surface area contributed by atoms with Gasteiger partial charge in [-0.25, -0.2) is 0 Å². The maximum absolute atomic E-state index is 12.9. The number of carbonyl (C=O) groups is 1. The summed E-state index contributed by atoms with van der Waals surface area (Å²) in [4.78, 5) is 16.9. The van der Waals surface area contributed by atoms with Gasteiger partial charge in [0, 0.05) is 26.2 Å². The van der Waals surface area contributed by atoms with E-state index >= 15 is 0 Å². The van der Waals surface area contributed by atoms with Gasteiger partial charge >= 0.3 is 0 Å². The zero-order valence-electron chi connectivity index (χ0n) is 17.0. The number of hydrogen-bond acceptors (Lipinski definition) is 7. The highest BCUT2D eigenvalue weighted by molar-refractivity contribution is 5.91. The Balaban J connectivity index is 1.41. The Labute approximate surface area is 169 Å². The lowest BCUT2D eigenvalue weighted by Crippen LogP contribution is -2.35. The third kappa shape index (κ3) is 4.24. The standard InChI is InChI=1S/C20H26N6O3/c1-14(2)28-13-16-5-6-17(29-16)20(27)25-10-4-9-24(11-12-25)19-8-7-18-22-21-15(3)26(18)23-19/h5-8,14H,4,9-13H2,1-3H3. The highest BCUT2D eigenvalue weighted by atomic mass is 16.5. The van der Waals surface area contributed by atoms with Crippen molar-refractivity contribution in [3.05, 3.63) is 41.6 Å². The van der Waals surface area contributed by atoms with E-state index in [0.717, 1.165) is 30.3 Å². The van der Waals surface area contributed by atoms with Crippen molar-refractivity contribution in [3.63, 3.8) is 0 Å². The van der Waals surface area contributed by atoms with Crippen LogP contribution in [0.2, 0.25) is 0 Å². The van der Waals surface area contributed by atoms with Crippen LogP contribution < -0.4 is 4.90 Å². The summed E-state index contributed by atoms with van der Waals surface area (Å²) in [5.74, 6) is 2.56. The Bertz CT molecular complexity index is 995. The first kappa shape index (κ1) is 19.4. The Morgan fingerprint density at radius 1 is 1.14 bits per heavy atom. The Morgan fingerprint density at radius 2 is 2.00 bits per heavy atom. The molecule has 1 aliphatic rings. The molecular weight excluding hydrogens is 372 g/mol. The summed E-state index contributed by atoms with van der Waals surface area (Å²) in [7, 11) is 0. The molecule has 9 heteroatoms. The molecule has 0 aromatic carbocycles. The molecular formula is C20H26N6O3. The second-order valence-corrected chi connectivity index (χ2v) is 7.47. The summed E-state index contributed by atoms with van der Waals surface area (Å²) in [6.45, 7) is 9.01. The Kier molecular flexibility index (Phi) is 5.48. The summed E-state index contributed by atoms with van der Waals surface area (Å²) in [5, 5.41) is 12.8. The molecule has 1 amide bonds. The van der Waals surface area contributed by atoms with Crippen molar-refractivity contribution >= 4 is 17.4 Å². The molecule has 1 fully saturated rings. The summed E-state index contributed by atoms with van der Waals surface area (Å²) in [5.41, 5.74) is 0.730. The normalized spacial score (nSPS) is 15.3. The van der Waals surface area contributed by atoms with E-state index in [1.54, 1.807) is 16.6 Å². The molecule has 4 heterocycles. The number of anilines is 1. The van der Waals surface area contributed by atoms with Gasteiger partial charge in [0.25, 0.3) is 5.91 Å². The number of nitrogens with zero attached hydrogens (tertiary/aromatic N) is 6. The topological polar surface area (TPSA) is 89.0 Å². The quantitative estimate of drug-likeness (QED) is 0.651. The molecule has 154 valence electrons. The third-order valence-electron chi connectivity index (χ3n) is 4.94. The zero-order chi connectivity index (χ0) is 20.4. The highest BCUT2D eigenvalue weighted by Gasteiger charge is 2.23. The fraction of sp³-hybridized carbons (Fsp3) is 0.500. The first-order valence-electron chi connectivity index (χ1n) is 9.95. The summed E-state index contributed by atoms with van der Waals surface area (Å²) in [6, 6.07) is 7.41. The molecule has 29 heavy (non-hydrogen) atoms. The molecule has 0 aliphatic carbocycles. The number of aryl methyl sites for hydroxylation is 1. The van der Waals surface area contributed by atoms with Gasteiger partial charge in [0.05, 0.1) is 6.10 Å². The highest BCUT2D eigenvalue weighted by Crippen LogP contribution is 2.17. The van der Waals surface area contributed by atoms with E-state index in [-0.39, 0.29) is 12.0 Å². The molecule has 3 aromatic rings. The van der Waals surface area contributed by atoms with E-state index in [1.807, 2.05) is 37.8 Å². The molecule has 0 unspecified atom stereocenters. The minimum absolute atomic E-state index is 0.0827. The average molecular weight is 398 g/mol. The van der Waals surface area contributed by atoms with Crippen LogP contribution in [0.4, 0.5) is 5.82 Å². The number of amides is 1. The molecule has 0 saturated carbocycles. The smallest absolute Gasteiger partial charge is 0.289 e. The van der Waals surface area contributed by atoms with Gasteiger partial charge in [-0.15, -0.1) is 15.3 Å². The molecule has 0 bridgehead atoms. The van der Waals surface area contributed by atoms with Gasteiger partial charge in [0.15, 0.2) is 17.2 Å². The number of hydrogen-bond donors (Lipinski definition) is 0. The number of aromatic nitrogens is 4. The van der Waals surface area contributed by atoms with Crippen LogP contribution in [-0.4, -0.2) is 62.9 Å². The maximum Gasteiger partial charge on any atom is 0.289 e. The summed E-state index contributed by atoms with van der Waals surface area (Å²) in [6.07, 6.45) is 0.974. The zero-order valence-corrected chi connectivity index (χ0v) is 17.0. The van der Waals surface area contributed by atoms with Crippen LogP contribution in [-0.2, 0) is 11.3 Å². The summed E-state index contributed by atoms with van der Waals surface area (Å²) < 4.78 is 13.0. The fourth-order valence-electron chi connectivity index (χ4n) is 3.38. The number of ether oxygens (including phenoxy) is 1. The third-order valence-corrected chi connectivity index (χ3v) is 4.94. The van der Waals surface area contributed by atoms with Gasteiger partial charge in [-0.2, -0.15) is 4.52 Å². The largest absolute Gasteiger partial charge is 0.453 e. The lowest BCUT2D eigenvalue weighted by atomic mass is 10.3. The number of carbonyl (C=O) groups excluding carboxylic acids is 1. The molecule has 1 saturated heterocycles. The predicted molar refractivity (Wildman–Crippen MR) is 107 cm³/mol. The lowest BCUT2D eigenvalue weighted by Gasteiger charge is -2.22. The van der Waals surface area contributed by atoms with Crippen LogP contribution in [0.1, 0.15) is 42.4 Å². The van der Waals surface area contributed by atoms with Crippen LogP contribution in [0, 0.1) is 6.92 Å². The molecule has 0 spiro atoms. The molecule has 3 aromatic heterocycles. The number of fused-ring (bicyclic) bond motifs is 1.